The van der Waals surface area contributed by atoms with Crippen LogP contribution in [0, 0.1) is 17.6 Å². The predicted molar refractivity (Wildman–Crippen MR) is 151 cm³/mol. The monoisotopic (exact) mass is 534 g/mol. The number of hydrogen-bond donors (Lipinski definition) is 3. The standard InChI is InChI=1S/C31H24F2N6O/c1-17(2)10-28(40)37-20-11-19(13-34-14-20)18-6-7-26-23(12-18)22(8-9-36-26)31-38-27-16-35-15-24(30(27)39-31)21-4-3-5-25(32)29(21)33/h3-7,9,11-17,36H,10H2,1-2H3,(H,37,40)(H,38,39). The van der Waals surface area contributed by atoms with Crippen LogP contribution in [0.25, 0.3) is 38.9 Å². The number of hydrogen-bond acceptors (Lipinski definition) is 5. The summed E-state index contributed by atoms with van der Waals surface area (Å²) in [7, 11) is 0. The molecule has 7 nitrogen and oxygen atoms in total. The quantitative estimate of drug-likeness (QED) is 0.206. The van der Waals surface area contributed by atoms with Crippen molar-refractivity contribution in [2.24, 2.45) is 5.92 Å². The molecule has 6 rings (SSSR count). The Kier molecular flexibility index (Phi) is 6.42. The topological polar surface area (TPSA) is 95.6 Å². The molecule has 1 aliphatic heterocycles. The number of H-pyrrole nitrogens is 1. The molecule has 198 valence electrons. The van der Waals surface area contributed by atoms with Gasteiger partial charge >= 0.3 is 0 Å². The summed E-state index contributed by atoms with van der Waals surface area (Å²) in [5.74, 6) is -1.19. The Labute approximate surface area is 228 Å². The molecule has 0 aliphatic carbocycles. The van der Waals surface area contributed by atoms with Gasteiger partial charge < -0.3 is 15.6 Å². The molecule has 5 aromatic rings. The van der Waals surface area contributed by atoms with E-state index in [0.29, 0.717) is 40.1 Å². The van der Waals surface area contributed by atoms with E-state index < -0.39 is 11.6 Å². The Balaban J connectivity index is 1.38. The van der Waals surface area contributed by atoms with Gasteiger partial charge in [0.1, 0.15) is 11.3 Å². The fourth-order valence-corrected chi connectivity index (χ4v) is 4.73. The Bertz CT molecular complexity index is 1850. The number of imidazole rings is 1. The maximum Gasteiger partial charge on any atom is 0.224 e. The first-order valence-corrected chi connectivity index (χ1v) is 12.8. The van der Waals surface area contributed by atoms with Gasteiger partial charge in [0.15, 0.2) is 11.6 Å². The number of amides is 1. The van der Waals surface area contributed by atoms with Crippen molar-refractivity contribution in [2.75, 3.05) is 10.6 Å². The van der Waals surface area contributed by atoms with E-state index in [-0.39, 0.29) is 17.4 Å². The van der Waals surface area contributed by atoms with Crippen LogP contribution in [0.4, 0.5) is 20.2 Å². The molecule has 9 heteroatoms. The molecule has 1 aliphatic rings. The van der Waals surface area contributed by atoms with Crippen molar-refractivity contribution in [3.05, 3.63) is 102 Å². The smallest absolute Gasteiger partial charge is 0.224 e. The van der Waals surface area contributed by atoms with E-state index in [9.17, 15) is 13.6 Å². The van der Waals surface area contributed by atoms with E-state index in [4.69, 9.17) is 4.98 Å². The molecule has 0 spiro atoms. The molecule has 0 radical (unpaired) electrons. The van der Waals surface area contributed by atoms with E-state index in [1.54, 1.807) is 24.8 Å². The van der Waals surface area contributed by atoms with Gasteiger partial charge in [0.2, 0.25) is 5.91 Å². The number of anilines is 2. The van der Waals surface area contributed by atoms with E-state index in [1.807, 2.05) is 38.1 Å². The number of aromatic amines is 1. The fourth-order valence-electron chi connectivity index (χ4n) is 4.73. The van der Waals surface area contributed by atoms with Crippen LogP contribution in [0.15, 0.2) is 79.2 Å². The first-order chi connectivity index (χ1) is 19.4. The summed E-state index contributed by atoms with van der Waals surface area (Å²) < 4.78 is 28.6. The highest BCUT2D eigenvalue weighted by Crippen LogP contribution is 2.36. The van der Waals surface area contributed by atoms with Gasteiger partial charge in [-0.25, -0.2) is 13.8 Å². The number of rotatable bonds is 6. The lowest BCUT2D eigenvalue weighted by Gasteiger charge is -2.15. The summed E-state index contributed by atoms with van der Waals surface area (Å²) in [5.41, 5.74) is 9.44. The Hall–Kier alpha value is -5.14. The minimum absolute atomic E-state index is 0.0594. The molecule has 1 amide bonds. The van der Waals surface area contributed by atoms with Crippen LogP contribution in [0.2, 0.25) is 0 Å². The zero-order valence-electron chi connectivity index (χ0n) is 21.7. The summed E-state index contributed by atoms with van der Waals surface area (Å²) in [6.07, 6.45) is 8.56. The van der Waals surface area contributed by atoms with Gasteiger partial charge in [-0.3, -0.25) is 14.8 Å². The van der Waals surface area contributed by atoms with Crippen molar-refractivity contribution in [3.8, 4) is 22.3 Å². The van der Waals surface area contributed by atoms with Crippen LogP contribution in [-0.2, 0) is 4.79 Å². The first-order valence-electron chi connectivity index (χ1n) is 12.8. The second-order valence-electron chi connectivity index (χ2n) is 9.95. The van der Waals surface area contributed by atoms with Gasteiger partial charge in [-0.05, 0) is 35.7 Å². The maximum atomic E-state index is 14.6. The van der Waals surface area contributed by atoms with Gasteiger partial charge in [-0.1, -0.05) is 37.8 Å². The minimum atomic E-state index is -0.950. The molecule has 0 saturated carbocycles. The molecular weight excluding hydrogens is 510 g/mol. The summed E-state index contributed by atoms with van der Waals surface area (Å²) in [5, 5.41) is 6.12. The third kappa shape index (κ3) is 4.74. The van der Waals surface area contributed by atoms with Crippen LogP contribution in [0.1, 0.15) is 31.7 Å². The number of fused-ring (bicyclic) bond motifs is 2. The van der Waals surface area contributed by atoms with Crippen molar-refractivity contribution in [3.63, 3.8) is 0 Å². The molecule has 40 heavy (non-hydrogen) atoms. The number of pyridine rings is 2. The third-order valence-corrected chi connectivity index (χ3v) is 6.55. The number of carbonyl (C=O) groups excluding carboxylic acids is 1. The second kappa shape index (κ2) is 10.2. The molecule has 3 aromatic heterocycles. The van der Waals surface area contributed by atoms with Gasteiger partial charge in [0.25, 0.3) is 0 Å². The van der Waals surface area contributed by atoms with Crippen LogP contribution in [0.5, 0.6) is 0 Å². The largest absolute Gasteiger partial charge is 0.355 e. The summed E-state index contributed by atoms with van der Waals surface area (Å²) in [6, 6.07) is 11.8. The SMILES string of the molecule is CC(C)CC(=O)Nc1cncc(-c2ccc3c(c2)C(c2nc4c(-c5cccc(F)c5F)cncc4[nH]2)=C=CN3)c1. The Morgan fingerprint density at radius 2 is 1.82 bits per heavy atom. The lowest BCUT2D eigenvalue weighted by molar-refractivity contribution is -0.116. The molecule has 0 fully saturated rings. The van der Waals surface area contributed by atoms with E-state index in [2.05, 4.69) is 31.3 Å². The minimum Gasteiger partial charge on any atom is -0.355 e. The number of halogens is 2. The number of aromatic nitrogens is 4. The average Bonchev–Trinajstić information content (AvgIpc) is 3.38. The Morgan fingerprint density at radius 3 is 2.67 bits per heavy atom. The van der Waals surface area contributed by atoms with Crippen molar-refractivity contribution >= 4 is 33.9 Å². The second-order valence-corrected chi connectivity index (χ2v) is 9.95. The zero-order chi connectivity index (χ0) is 27.8. The lowest BCUT2D eigenvalue weighted by atomic mass is 9.96. The number of benzene rings is 2. The average molecular weight is 535 g/mol. The lowest BCUT2D eigenvalue weighted by Crippen LogP contribution is -2.13. The van der Waals surface area contributed by atoms with Crippen LogP contribution >= 0.6 is 0 Å². The van der Waals surface area contributed by atoms with Crippen LogP contribution in [-0.4, -0.2) is 25.8 Å². The number of nitrogens with one attached hydrogen (secondary N) is 3. The van der Waals surface area contributed by atoms with Crippen molar-refractivity contribution in [1.29, 1.82) is 0 Å². The van der Waals surface area contributed by atoms with Crippen molar-refractivity contribution in [1.82, 2.24) is 19.9 Å². The normalized spacial score (nSPS) is 12.3. The summed E-state index contributed by atoms with van der Waals surface area (Å²) in [6.45, 7) is 3.99. The fraction of sp³-hybridized carbons (Fsp3) is 0.129. The maximum absolute atomic E-state index is 14.6. The number of nitrogens with zero attached hydrogens (tertiary/aromatic N) is 3. The van der Waals surface area contributed by atoms with Crippen molar-refractivity contribution in [2.45, 2.75) is 20.3 Å². The molecule has 0 saturated heterocycles. The molecular formula is C31H24F2N6O. The number of carbonyl (C=O) groups is 1. The Morgan fingerprint density at radius 1 is 0.975 bits per heavy atom. The third-order valence-electron chi connectivity index (χ3n) is 6.55. The van der Waals surface area contributed by atoms with Crippen molar-refractivity contribution < 1.29 is 13.6 Å². The predicted octanol–water partition coefficient (Wildman–Crippen LogP) is 6.92. The van der Waals surface area contributed by atoms with E-state index >= 15 is 0 Å². The van der Waals surface area contributed by atoms with E-state index in [0.717, 1.165) is 28.4 Å². The molecule has 3 N–H and O–H groups in total. The van der Waals surface area contributed by atoms with Gasteiger partial charge in [-0.15, -0.1) is 0 Å². The van der Waals surface area contributed by atoms with Gasteiger partial charge in [0, 0.05) is 53.0 Å². The molecule has 0 bridgehead atoms. The van der Waals surface area contributed by atoms with Crippen LogP contribution < -0.4 is 10.6 Å². The zero-order valence-corrected chi connectivity index (χ0v) is 21.7. The summed E-state index contributed by atoms with van der Waals surface area (Å²) >= 11 is 0. The highest BCUT2D eigenvalue weighted by Gasteiger charge is 2.20. The molecule has 0 unspecified atom stereocenters. The first kappa shape index (κ1) is 25.2. The summed E-state index contributed by atoms with van der Waals surface area (Å²) in [4.78, 5) is 28.8. The van der Waals surface area contributed by atoms with E-state index in [1.165, 1.54) is 18.3 Å². The molecule has 4 heterocycles. The molecule has 2 aromatic carbocycles. The highest BCUT2D eigenvalue weighted by atomic mass is 19.2. The van der Waals surface area contributed by atoms with Crippen LogP contribution in [0.3, 0.4) is 0 Å². The van der Waals surface area contributed by atoms with Gasteiger partial charge in [-0.2, -0.15) is 0 Å². The molecule has 0 atom stereocenters. The highest BCUT2D eigenvalue weighted by molar-refractivity contribution is 5.96. The van der Waals surface area contributed by atoms with Gasteiger partial charge in [0.05, 0.1) is 29.2 Å².